The van der Waals surface area contributed by atoms with Crippen LogP contribution in [0.4, 0.5) is 0 Å². The zero-order chi connectivity index (χ0) is 28.9. The molecular weight excluding hydrogens is 519 g/mol. The third-order valence-corrected chi connectivity index (χ3v) is 12.0. The first-order valence-corrected chi connectivity index (χ1v) is 16.9. The van der Waals surface area contributed by atoms with Crippen LogP contribution in [0.25, 0.3) is 0 Å². The zero-order valence-corrected chi connectivity index (χ0v) is 26.2. The molecule has 2 heterocycles. The molecule has 4 nitrogen and oxygen atoms in total. The average Bonchev–Trinajstić information content (AvgIpc) is 3.52. The minimum atomic E-state index is -2.82. The Kier molecular flexibility index (Phi) is 7.00. The third-order valence-electron chi connectivity index (χ3n) is 9.01. The van der Waals surface area contributed by atoms with Crippen molar-refractivity contribution in [1.29, 1.82) is 0 Å². The molecule has 2 atom stereocenters. The maximum atomic E-state index is 4.37. The van der Waals surface area contributed by atoms with E-state index in [4.69, 9.17) is 0 Å². The minimum absolute atomic E-state index is 0.0550. The molecule has 0 radical (unpaired) electrons. The molecule has 1 spiro atoms. The van der Waals surface area contributed by atoms with Crippen molar-refractivity contribution in [3.05, 3.63) is 144 Å². The molecule has 0 saturated carbocycles. The second-order valence-electron chi connectivity index (χ2n) is 14.0. The van der Waals surface area contributed by atoms with E-state index >= 15 is 0 Å². The summed E-state index contributed by atoms with van der Waals surface area (Å²) in [6.45, 7) is 14.2. The Morgan fingerprint density at radius 2 is 0.683 bits per heavy atom. The van der Waals surface area contributed by atoms with Gasteiger partial charge in [-0.2, -0.15) is 0 Å². The van der Waals surface area contributed by atoms with E-state index in [0.717, 1.165) is 0 Å². The molecule has 0 aromatic heterocycles. The van der Waals surface area contributed by atoms with Crippen LogP contribution in [-0.2, 0) is 11.1 Å². The third kappa shape index (κ3) is 4.67. The molecule has 2 aliphatic heterocycles. The molecule has 214 valence electrons. The summed E-state index contributed by atoms with van der Waals surface area (Å²) >= 11 is 0. The fourth-order valence-electron chi connectivity index (χ4n) is 7.43. The Labute approximate surface area is 246 Å². The van der Waals surface area contributed by atoms with E-state index in [-0.39, 0.29) is 22.9 Å². The molecule has 4 aromatic carbocycles. The van der Waals surface area contributed by atoms with Gasteiger partial charge in [-0.05, 0) is 0 Å². The molecule has 2 saturated heterocycles. The summed E-state index contributed by atoms with van der Waals surface area (Å²) in [6, 6.07) is 44.3. The normalized spacial score (nSPS) is 23.9. The van der Waals surface area contributed by atoms with Crippen LogP contribution >= 0.6 is 7.87 Å². The van der Waals surface area contributed by atoms with Crippen LogP contribution in [0.3, 0.4) is 0 Å². The van der Waals surface area contributed by atoms with Crippen molar-refractivity contribution in [2.45, 2.75) is 64.7 Å². The Hall–Kier alpha value is -2.85. The zero-order valence-electron chi connectivity index (χ0n) is 25.2. The molecule has 6 rings (SSSR count). The number of nitrogens with one attached hydrogen (secondary N) is 4. The first-order valence-electron chi connectivity index (χ1n) is 14.9. The van der Waals surface area contributed by atoms with Gasteiger partial charge in [-0.25, -0.2) is 0 Å². The molecule has 2 fully saturated rings. The molecule has 2 aliphatic rings. The fourth-order valence-corrected chi connectivity index (χ4v) is 12.1. The summed E-state index contributed by atoms with van der Waals surface area (Å²) < 4.78 is 0. The van der Waals surface area contributed by atoms with Crippen molar-refractivity contribution in [1.82, 2.24) is 20.3 Å². The van der Waals surface area contributed by atoms with E-state index in [2.05, 4.69) is 183 Å². The van der Waals surface area contributed by atoms with E-state index in [1.807, 2.05) is 0 Å². The second kappa shape index (κ2) is 10.2. The number of benzene rings is 4. The molecule has 41 heavy (non-hydrogen) atoms. The molecular formula is C36H45N4P. The number of rotatable bonds is 4. The Bertz CT molecular complexity index is 1270. The predicted octanol–water partition coefficient (Wildman–Crippen LogP) is 7.50. The molecule has 0 amide bonds. The van der Waals surface area contributed by atoms with Crippen molar-refractivity contribution in [3.63, 3.8) is 0 Å². The van der Waals surface area contributed by atoms with Crippen molar-refractivity contribution >= 4 is 7.87 Å². The number of hydrogen-bond acceptors (Lipinski definition) is 4. The van der Waals surface area contributed by atoms with E-state index in [9.17, 15) is 0 Å². The van der Waals surface area contributed by atoms with Gasteiger partial charge in [-0.1, -0.05) is 0 Å². The van der Waals surface area contributed by atoms with Gasteiger partial charge in [0.2, 0.25) is 0 Å². The second-order valence-corrected chi connectivity index (χ2v) is 16.5. The summed E-state index contributed by atoms with van der Waals surface area (Å²) in [5, 5.41) is 17.3. The summed E-state index contributed by atoms with van der Waals surface area (Å²) in [7, 11) is -2.82. The van der Waals surface area contributed by atoms with Crippen molar-refractivity contribution in [3.8, 4) is 0 Å². The predicted molar refractivity (Wildman–Crippen MR) is 175 cm³/mol. The van der Waals surface area contributed by atoms with Crippen LogP contribution in [0.2, 0.25) is 0 Å². The van der Waals surface area contributed by atoms with Crippen LogP contribution < -0.4 is 20.3 Å². The SMILES string of the molecule is CC(C)(C)[C@@H]1N[PH]2(N[C@@H](C(C)(C)C)C(c3ccccc3)(c3ccccc3)N2)NC1(c1ccccc1)c1ccccc1. The monoisotopic (exact) mass is 564 g/mol. The summed E-state index contributed by atoms with van der Waals surface area (Å²) in [5.74, 6) is 0. The van der Waals surface area contributed by atoms with Gasteiger partial charge in [0.25, 0.3) is 0 Å². The van der Waals surface area contributed by atoms with Crippen LogP contribution in [0.1, 0.15) is 63.8 Å². The van der Waals surface area contributed by atoms with Crippen molar-refractivity contribution in [2.24, 2.45) is 10.8 Å². The van der Waals surface area contributed by atoms with Crippen LogP contribution in [0.15, 0.2) is 121 Å². The van der Waals surface area contributed by atoms with E-state index < -0.39 is 18.9 Å². The quantitative estimate of drug-likeness (QED) is 0.194. The van der Waals surface area contributed by atoms with Crippen molar-refractivity contribution in [2.75, 3.05) is 0 Å². The average molecular weight is 565 g/mol. The van der Waals surface area contributed by atoms with E-state index in [1.54, 1.807) is 0 Å². The molecule has 0 unspecified atom stereocenters. The maximum absolute atomic E-state index is 4.37. The molecule has 0 bridgehead atoms. The van der Waals surface area contributed by atoms with Gasteiger partial charge in [0.1, 0.15) is 0 Å². The fraction of sp³-hybridized carbons (Fsp3) is 0.333. The van der Waals surface area contributed by atoms with Gasteiger partial charge in [-0.15, -0.1) is 0 Å². The summed E-state index contributed by atoms with van der Waals surface area (Å²) in [4.78, 5) is 0. The first kappa shape index (κ1) is 28.3. The molecule has 4 N–H and O–H groups in total. The van der Waals surface area contributed by atoms with Crippen LogP contribution in [0, 0.1) is 10.8 Å². The van der Waals surface area contributed by atoms with Gasteiger partial charge in [0, 0.05) is 0 Å². The van der Waals surface area contributed by atoms with E-state index in [1.165, 1.54) is 22.3 Å². The van der Waals surface area contributed by atoms with Crippen molar-refractivity contribution < 1.29 is 0 Å². The molecule has 4 aromatic rings. The standard InChI is InChI=1S/C36H45N4P/c1-33(2,3)31-35(27-19-11-7-12-20-27,28-21-13-8-14-22-28)39-41(37-31)38-32(34(4,5)6)36(40-41,29-23-15-9-16-24-29)30-25-17-10-18-26-30/h7-26,31-32,37-41H,1-6H3/t31-,32-/m0/s1. The van der Waals surface area contributed by atoms with Crippen LogP contribution in [0.5, 0.6) is 0 Å². The van der Waals surface area contributed by atoms with Gasteiger partial charge >= 0.3 is 247 Å². The number of hydrogen-bond donors (Lipinski definition) is 4. The Balaban J connectivity index is 1.61. The van der Waals surface area contributed by atoms with E-state index in [0.29, 0.717) is 0 Å². The van der Waals surface area contributed by atoms with Gasteiger partial charge < -0.3 is 0 Å². The summed E-state index contributed by atoms with van der Waals surface area (Å²) in [5.41, 5.74) is 4.09. The molecule has 5 heteroatoms. The topological polar surface area (TPSA) is 48.1 Å². The van der Waals surface area contributed by atoms with Gasteiger partial charge in [-0.3, -0.25) is 0 Å². The van der Waals surface area contributed by atoms with Gasteiger partial charge in [0.15, 0.2) is 0 Å². The summed E-state index contributed by atoms with van der Waals surface area (Å²) in [6.07, 6.45) is 0. The van der Waals surface area contributed by atoms with Crippen LogP contribution in [-0.4, -0.2) is 12.1 Å². The Morgan fingerprint density at radius 1 is 0.439 bits per heavy atom. The Morgan fingerprint density at radius 3 is 0.902 bits per heavy atom. The van der Waals surface area contributed by atoms with Gasteiger partial charge in [0.05, 0.1) is 0 Å². The first-order chi connectivity index (χ1) is 19.5. The molecule has 0 aliphatic carbocycles.